The largest absolute Gasteiger partial charge is 0.484 e. The molecule has 0 saturated carbocycles. The Balaban J connectivity index is 2.09. The predicted octanol–water partition coefficient (Wildman–Crippen LogP) is 2.65. The highest BCUT2D eigenvalue weighted by Gasteiger charge is 2.01. The maximum absolute atomic E-state index is 5.65. The third-order valence-electron chi connectivity index (χ3n) is 2.15. The van der Waals surface area contributed by atoms with Gasteiger partial charge < -0.3 is 4.74 Å². The van der Waals surface area contributed by atoms with Crippen molar-refractivity contribution in [2.45, 2.75) is 6.61 Å². The quantitative estimate of drug-likeness (QED) is 0.627. The number of aromatic nitrogens is 2. The number of alkyl halides is 1. The van der Waals surface area contributed by atoms with E-state index in [1.54, 1.807) is 18.5 Å². The molecule has 2 rings (SSSR count). The highest BCUT2D eigenvalue weighted by Crippen LogP contribution is 2.17. The van der Waals surface area contributed by atoms with Crippen LogP contribution in [0.15, 0.2) is 42.7 Å². The van der Waals surface area contributed by atoms with Gasteiger partial charge in [-0.25, -0.2) is 9.97 Å². The molecule has 0 N–H and O–H groups in total. The first-order chi connectivity index (χ1) is 8.90. The number of para-hydroxylation sites is 1. The molecule has 1 aromatic carbocycles. The molecule has 18 heavy (non-hydrogen) atoms. The Hall–Kier alpha value is -2.05. The number of nitrogens with zero attached hydrogens (tertiary/aromatic N) is 2. The molecule has 0 aliphatic carbocycles. The maximum atomic E-state index is 5.65. The first-order valence-corrected chi connectivity index (χ1v) is 5.96. The molecule has 0 aliphatic heterocycles. The van der Waals surface area contributed by atoms with Crippen molar-refractivity contribution in [3.63, 3.8) is 0 Å². The Kier molecular flexibility index (Phi) is 4.57. The molecular formula is C14H11ClN2O. The lowest BCUT2D eigenvalue weighted by molar-refractivity contribution is 0.295. The van der Waals surface area contributed by atoms with E-state index in [0.717, 1.165) is 5.56 Å². The molecule has 0 aliphatic rings. The molecule has 1 heterocycles. The van der Waals surface area contributed by atoms with Crippen molar-refractivity contribution in [3.8, 4) is 17.6 Å². The molecule has 0 unspecified atom stereocenters. The fourth-order valence-electron chi connectivity index (χ4n) is 1.37. The van der Waals surface area contributed by atoms with E-state index in [4.69, 9.17) is 16.3 Å². The van der Waals surface area contributed by atoms with Gasteiger partial charge in [-0.15, -0.1) is 11.6 Å². The van der Waals surface area contributed by atoms with E-state index in [1.807, 2.05) is 24.3 Å². The van der Waals surface area contributed by atoms with E-state index in [0.29, 0.717) is 24.1 Å². The zero-order chi connectivity index (χ0) is 12.6. The van der Waals surface area contributed by atoms with Crippen molar-refractivity contribution >= 4 is 11.6 Å². The molecule has 0 radical (unpaired) electrons. The van der Waals surface area contributed by atoms with Crippen molar-refractivity contribution in [2.75, 3.05) is 5.88 Å². The summed E-state index contributed by atoms with van der Waals surface area (Å²) in [7, 11) is 0. The topological polar surface area (TPSA) is 35.0 Å². The second-order valence-electron chi connectivity index (χ2n) is 3.39. The molecule has 0 fully saturated rings. The third kappa shape index (κ3) is 3.47. The van der Waals surface area contributed by atoms with Crippen LogP contribution in [-0.4, -0.2) is 15.8 Å². The molecule has 0 saturated heterocycles. The summed E-state index contributed by atoms with van der Waals surface area (Å²) in [6, 6.07) is 9.32. The average Bonchev–Trinajstić information content (AvgIpc) is 2.45. The van der Waals surface area contributed by atoms with Gasteiger partial charge in [0.05, 0.1) is 11.4 Å². The smallest absolute Gasteiger partial charge is 0.166 e. The second kappa shape index (κ2) is 6.63. The third-order valence-corrected chi connectivity index (χ3v) is 2.29. The zero-order valence-electron chi connectivity index (χ0n) is 9.64. The fraction of sp³-hybridized carbons (Fsp3) is 0.143. The van der Waals surface area contributed by atoms with Gasteiger partial charge in [0.2, 0.25) is 0 Å². The molecule has 0 spiro atoms. The van der Waals surface area contributed by atoms with Crippen LogP contribution in [0.3, 0.4) is 0 Å². The number of benzene rings is 1. The van der Waals surface area contributed by atoms with Crippen LogP contribution in [0.4, 0.5) is 0 Å². The number of hydrogen-bond acceptors (Lipinski definition) is 3. The number of hydrogen-bond donors (Lipinski definition) is 0. The van der Waals surface area contributed by atoms with E-state index in [2.05, 4.69) is 21.8 Å². The van der Waals surface area contributed by atoms with Gasteiger partial charge >= 0.3 is 0 Å². The highest BCUT2D eigenvalue weighted by atomic mass is 35.5. The summed E-state index contributed by atoms with van der Waals surface area (Å²) in [5.41, 5.74) is 0.814. The number of ether oxygens (including phenoxy) is 1. The molecule has 1 aromatic heterocycles. The van der Waals surface area contributed by atoms with E-state index in [9.17, 15) is 0 Å². The van der Waals surface area contributed by atoms with Crippen LogP contribution < -0.4 is 4.74 Å². The van der Waals surface area contributed by atoms with Crippen LogP contribution in [0, 0.1) is 11.8 Å². The summed E-state index contributed by atoms with van der Waals surface area (Å²) in [4.78, 5) is 8.18. The van der Waals surface area contributed by atoms with E-state index in [-0.39, 0.29) is 0 Å². The van der Waals surface area contributed by atoms with Crippen LogP contribution in [-0.2, 0) is 6.61 Å². The van der Waals surface area contributed by atoms with E-state index >= 15 is 0 Å². The molecule has 90 valence electrons. The van der Waals surface area contributed by atoms with Crippen LogP contribution in [0.5, 0.6) is 5.75 Å². The standard InChI is InChI=1S/C14H11ClN2O/c15-8-3-6-12-5-1-2-7-13(12)18-11-14-16-9-4-10-17-14/h1-2,4-5,7,9-10H,8,11H2. The Labute approximate surface area is 111 Å². The van der Waals surface area contributed by atoms with Crippen molar-refractivity contribution in [3.05, 3.63) is 54.1 Å². The van der Waals surface area contributed by atoms with Gasteiger partial charge in [-0.1, -0.05) is 24.0 Å². The minimum atomic E-state index is 0.302. The fourth-order valence-corrected chi connectivity index (χ4v) is 1.44. The maximum Gasteiger partial charge on any atom is 0.166 e. The summed E-state index contributed by atoms with van der Waals surface area (Å²) in [6.45, 7) is 0.320. The Bertz CT molecular complexity index is 561. The van der Waals surface area contributed by atoms with Gasteiger partial charge in [0, 0.05) is 12.4 Å². The van der Waals surface area contributed by atoms with Gasteiger partial charge in [0.15, 0.2) is 5.82 Å². The summed E-state index contributed by atoms with van der Waals surface area (Å²) in [5.74, 6) is 7.41. The van der Waals surface area contributed by atoms with Crippen LogP contribution in [0.2, 0.25) is 0 Å². The van der Waals surface area contributed by atoms with Gasteiger partial charge in [0.1, 0.15) is 12.4 Å². The zero-order valence-corrected chi connectivity index (χ0v) is 10.4. The van der Waals surface area contributed by atoms with Crippen LogP contribution in [0.25, 0.3) is 0 Å². The second-order valence-corrected chi connectivity index (χ2v) is 3.65. The summed E-state index contributed by atoms with van der Waals surface area (Å²) in [5, 5.41) is 0. The summed E-state index contributed by atoms with van der Waals surface area (Å²) < 4.78 is 5.65. The van der Waals surface area contributed by atoms with Gasteiger partial charge in [-0.3, -0.25) is 0 Å². The van der Waals surface area contributed by atoms with Crippen molar-refractivity contribution in [1.82, 2.24) is 9.97 Å². The number of halogens is 1. The normalized spacial score (nSPS) is 9.39. The van der Waals surface area contributed by atoms with Gasteiger partial charge in [-0.05, 0) is 18.2 Å². The van der Waals surface area contributed by atoms with Crippen LogP contribution >= 0.6 is 11.6 Å². The SMILES string of the molecule is ClCC#Cc1ccccc1OCc1ncccn1. The molecule has 3 nitrogen and oxygen atoms in total. The average molecular weight is 259 g/mol. The molecule has 4 heteroatoms. The van der Waals surface area contributed by atoms with Crippen molar-refractivity contribution in [1.29, 1.82) is 0 Å². The van der Waals surface area contributed by atoms with E-state index < -0.39 is 0 Å². The predicted molar refractivity (Wildman–Crippen MR) is 70.4 cm³/mol. The number of rotatable bonds is 3. The van der Waals surface area contributed by atoms with Crippen molar-refractivity contribution < 1.29 is 4.74 Å². The summed E-state index contributed by atoms with van der Waals surface area (Å²) >= 11 is 5.54. The van der Waals surface area contributed by atoms with Gasteiger partial charge in [0.25, 0.3) is 0 Å². The van der Waals surface area contributed by atoms with E-state index in [1.165, 1.54) is 0 Å². The van der Waals surface area contributed by atoms with Crippen molar-refractivity contribution in [2.24, 2.45) is 0 Å². The first kappa shape index (κ1) is 12.4. The monoisotopic (exact) mass is 258 g/mol. The molecule has 0 bridgehead atoms. The lowest BCUT2D eigenvalue weighted by atomic mass is 10.2. The van der Waals surface area contributed by atoms with Gasteiger partial charge in [-0.2, -0.15) is 0 Å². The molecular weight excluding hydrogens is 248 g/mol. The highest BCUT2D eigenvalue weighted by molar-refractivity contribution is 6.19. The summed E-state index contributed by atoms with van der Waals surface area (Å²) in [6.07, 6.45) is 3.37. The molecule has 0 amide bonds. The Morgan fingerprint density at radius 3 is 2.67 bits per heavy atom. The lowest BCUT2D eigenvalue weighted by Gasteiger charge is -2.06. The molecule has 2 aromatic rings. The van der Waals surface area contributed by atoms with Crippen LogP contribution in [0.1, 0.15) is 11.4 Å². The Morgan fingerprint density at radius 2 is 1.89 bits per heavy atom. The Morgan fingerprint density at radius 1 is 1.11 bits per heavy atom. The lowest BCUT2D eigenvalue weighted by Crippen LogP contribution is -2.01. The molecule has 0 atom stereocenters. The first-order valence-electron chi connectivity index (χ1n) is 5.42. The minimum Gasteiger partial charge on any atom is -0.484 e. The minimum absolute atomic E-state index is 0.302.